The lowest BCUT2D eigenvalue weighted by atomic mass is 9.86. The van der Waals surface area contributed by atoms with E-state index in [1.54, 1.807) is 27.7 Å². The number of rotatable bonds is 14. The van der Waals surface area contributed by atoms with Crippen LogP contribution in [0.25, 0.3) is 0 Å². The van der Waals surface area contributed by atoms with Crippen molar-refractivity contribution in [3.8, 4) is 0 Å². The minimum Gasteiger partial charge on any atom is -0.469 e. The van der Waals surface area contributed by atoms with Crippen molar-refractivity contribution in [3.63, 3.8) is 0 Å². The van der Waals surface area contributed by atoms with E-state index < -0.39 is 41.4 Å². The highest BCUT2D eigenvalue weighted by molar-refractivity contribution is 5.77. The Labute approximate surface area is 191 Å². The summed E-state index contributed by atoms with van der Waals surface area (Å²) >= 11 is 0. The summed E-state index contributed by atoms with van der Waals surface area (Å²) in [6.07, 6.45) is 2.06. The molecule has 0 heterocycles. The van der Waals surface area contributed by atoms with Gasteiger partial charge in [-0.15, -0.1) is 0 Å². The number of ether oxygens (including phenoxy) is 4. The molecule has 1 amide bonds. The van der Waals surface area contributed by atoms with E-state index in [2.05, 4.69) is 5.32 Å². The van der Waals surface area contributed by atoms with Gasteiger partial charge in [0.25, 0.3) is 0 Å². The van der Waals surface area contributed by atoms with E-state index in [0.29, 0.717) is 13.0 Å². The highest BCUT2D eigenvalue weighted by Crippen LogP contribution is 2.25. The van der Waals surface area contributed by atoms with Crippen molar-refractivity contribution < 1.29 is 38.1 Å². The quantitative estimate of drug-likeness (QED) is 0.238. The number of hydrogen-bond acceptors (Lipinski definition) is 8. The number of carbonyl (C=O) groups is 4. The number of unbranched alkanes of at least 4 members (excludes halogenated alkanes) is 1. The van der Waals surface area contributed by atoms with Gasteiger partial charge in [-0.05, 0) is 46.5 Å². The van der Waals surface area contributed by atoms with E-state index in [0.717, 1.165) is 12.8 Å². The fourth-order valence-corrected chi connectivity index (χ4v) is 2.95. The number of methoxy groups -OCH3 is 1. The van der Waals surface area contributed by atoms with Crippen molar-refractivity contribution in [2.45, 2.75) is 79.2 Å². The number of nitrogens with one attached hydrogen (secondary N) is 1. The van der Waals surface area contributed by atoms with E-state index in [1.165, 1.54) is 7.11 Å². The number of amides is 1. The topological polar surface area (TPSA) is 117 Å². The van der Waals surface area contributed by atoms with Gasteiger partial charge in [0, 0.05) is 0 Å². The Balaban J connectivity index is 4.68. The second kappa shape index (κ2) is 15.5. The molecule has 0 aromatic rings. The SMILES string of the molecule is CCCCOC(=O)C(CC)CC(CC(C)C(=O)OCCNC(=O)OC(C)(C)C)C(=O)OC. The molecule has 186 valence electrons. The van der Waals surface area contributed by atoms with Crippen LogP contribution in [0.2, 0.25) is 0 Å². The first-order valence-electron chi connectivity index (χ1n) is 11.3. The summed E-state index contributed by atoms with van der Waals surface area (Å²) in [6, 6.07) is 0. The second-order valence-corrected chi connectivity index (χ2v) is 8.81. The Hall–Kier alpha value is -2.32. The molecule has 9 nitrogen and oxygen atoms in total. The zero-order chi connectivity index (χ0) is 24.7. The molecular weight excluding hydrogens is 418 g/mol. The van der Waals surface area contributed by atoms with Crippen LogP contribution in [-0.4, -0.2) is 56.5 Å². The second-order valence-electron chi connectivity index (χ2n) is 8.81. The summed E-state index contributed by atoms with van der Waals surface area (Å²) in [5.74, 6) is -2.98. The normalized spacial score (nSPS) is 14.0. The standard InChI is InChI=1S/C23H41NO8/c1-8-10-12-30-21(27)17(9-2)15-18(20(26)29-7)14-16(3)19(25)31-13-11-24-22(28)32-23(4,5)6/h16-18H,8-15H2,1-7H3,(H,24,28). The first-order chi connectivity index (χ1) is 14.9. The van der Waals surface area contributed by atoms with Crippen molar-refractivity contribution in [2.75, 3.05) is 26.9 Å². The van der Waals surface area contributed by atoms with Crippen molar-refractivity contribution in [1.82, 2.24) is 5.32 Å². The first kappa shape index (κ1) is 29.7. The molecule has 0 radical (unpaired) electrons. The van der Waals surface area contributed by atoms with Gasteiger partial charge in [0.15, 0.2) is 0 Å². The predicted molar refractivity (Wildman–Crippen MR) is 119 cm³/mol. The van der Waals surface area contributed by atoms with Crippen LogP contribution in [0.5, 0.6) is 0 Å². The Morgan fingerprint density at radius 1 is 0.875 bits per heavy atom. The zero-order valence-electron chi connectivity index (χ0n) is 20.7. The third-order valence-corrected chi connectivity index (χ3v) is 4.73. The van der Waals surface area contributed by atoms with Crippen LogP contribution in [0, 0.1) is 17.8 Å². The van der Waals surface area contributed by atoms with E-state index in [4.69, 9.17) is 18.9 Å². The fourth-order valence-electron chi connectivity index (χ4n) is 2.95. The summed E-state index contributed by atoms with van der Waals surface area (Å²) in [5, 5.41) is 2.50. The Bertz CT molecular complexity index is 599. The lowest BCUT2D eigenvalue weighted by Crippen LogP contribution is -2.35. The maximum absolute atomic E-state index is 12.3. The van der Waals surface area contributed by atoms with Gasteiger partial charge < -0.3 is 24.3 Å². The van der Waals surface area contributed by atoms with Crippen LogP contribution >= 0.6 is 0 Å². The molecule has 1 N–H and O–H groups in total. The Kier molecular flexibility index (Phi) is 14.4. The van der Waals surface area contributed by atoms with Gasteiger partial charge in [-0.1, -0.05) is 27.2 Å². The van der Waals surface area contributed by atoms with Crippen molar-refractivity contribution in [1.29, 1.82) is 0 Å². The Morgan fingerprint density at radius 2 is 1.50 bits per heavy atom. The third kappa shape index (κ3) is 13.2. The minimum absolute atomic E-state index is 0.0212. The molecule has 0 saturated heterocycles. The van der Waals surface area contributed by atoms with Gasteiger partial charge in [-0.2, -0.15) is 0 Å². The smallest absolute Gasteiger partial charge is 0.407 e. The Morgan fingerprint density at radius 3 is 2.03 bits per heavy atom. The molecule has 3 unspecified atom stereocenters. The molecule has 3 atom stereocenters. The molecule has 0 saturated carbocycles. The van der Waals surface area contributed by atoms with Crippen LogP contribution in [0.3, 0.4) is 0 Å². The molecule has 0 fully saturated rings. The molecule has 9 heteroatoms. The third-order valence-electron chi connectivity index (χ3n) is 4.73. The molecule has 0 aliphatic rings. The fraction of sp³-hybridized carbons (Fsp3) is 0.826. The van der Waals surface area contributed by atoms with Crippen LogP contribution in [0.1, 0.15) is 73.6 Å². The first-order valence-corrected chi connectivity index (χ1v) is 11.3. The zero-order valence-corrected chi connectivity index (χ0v) is 20.7. The number of hydrogen-bond donors (Lipinski definition) is 1. The van der Waals surface area contributed by atoms with Crippen molar-refractivity contribution in [2.24, 2.45) is 17.8 Å². The van der Waals surface area contributed by atoms with Crippen molar-refractivity contribution in [3.05, 3.63) is 0 Å². The molecule has 0 aliphatic heterocycles. The maximum atomic E-state index is 12.3. The van der Waals surface area contributed by atoms with Gasteiger partial charge in [0.05, 0.1) is 38.0 Å². The highest BCUT2D eigenvalue weighted by Gasteiger charge is 2.31. The van der Waals surface area contributed by atoms with Gasteiger partial charge in [0.2, 0.25) is 0 Å². The van der Waals surface area contributed by atoms with Crippen LogP contribution < -0.4 is 5.32 Å². The van der Waals surface area contributed by atoms with Gasteiger partial charge in [-0.25, -0.2) is 4.79 Å². The largest absolute Gasteiger partial charge is 0.469 e. The predicted octanol–water partition coefficient (Wildman–Crippen LogP) is 3.63. The molecule has 32 heavy (non-hydrogen) atoms. The van der Waals surface area contributed by atoms with E-state index in [1.807, 2.05) is 13.8 Å². The summed E-state index contributed by atoms with van der Waals surface area (Å²) in [4.78, 5) is 48.5. The lowest BCUT2D eigenvalue weighted by molar-refractivity contribution is -0.153. The minimum atomic E-state index is -0.633. The maximum Gasteiger partial charge on any atom is 0.407 e. The highest BCUT2D eigenvalue weighted by atomic mass is 16.6. The lowest BCUT2D eigenvalue weighted by Gasteiger charge is -2.22. The summed E-state index contributed by atoms with van der Waals surface area (Å²) in [6.45, 7) is 11.2. The van der Waals surface area contributed by atoms with Crippen molar-refractivity contribution >= 4 is 24.0 Å². The molecular formula is C23H41NO8. The molecule has 0 aromatic heterocycles. The summed E-state index contributed by atoms with van der Waals surface area (Å²) < 4.78 is 20.5. The van der Waals surface area contributed by atoms with Crippen LogP contribution in [-0.2, 0) is 33.3 Å². The van der Waals surface area contributed by atoms with E-state index in [-0.39, 0.29) is 32.0 Å². The molecule has 0 bridgehead atoms. The summed E-state index contributed by atoms with van der Waals surface area (Å²) in [7, 11) is 1.28. The average Bonchev–Trinajstić information content (AvgIpc) is 2.71. The van der Waals surface area contributed by atoms with Crippen LogP contribution in [0.4, 0.5) is 4.79 Å². The van der Waals surface area contributed by atoms with E-state index in [9.17, 15) is 19.2 Å². The molecule has 0 aromatic carbocycles. The molecule has 0 aliphatic carbocycles. The monoisotopic (exact) mass is 459 g/mol. The van der Waals surface area contributed by atoms with Gasteiger partial charge >= 0.3 is 24.0 Å². The summed E-state index contributed by atoms with van der Waals surface area (Å²) in [5.41, 5.74) is -0.614. The molecule has 0 spiro atoms. The van der Waals surface area contributed by atoms with E-state index >= 15 is 0 Å². The molecule has 0 rings (SSSR count). The number of alkyl carbamates (subject to hydrolysis) is 1. The van der Waals surface area contributed by atoms with Gasteiger partial charge in [-0.3, -0.25) is 14.4 Å². The van der Waals surface area contributed by atoms with Crippen LogP contribution in [0.15, 0.2) is 0 Å². The van der Waals surface area contributed by atoms with Gasteiger partial charge in [0.1, 0.15) is 12.2 Å². The number of carbonyl (C=O) groups excluding carboxylic acids is 4. The average molecular weight is 460 g/mol. The number of esters is 3.